The van der Waals surface area contributed by atoms with Gasteiger partial charge in [-0.05, 0) is 31.9 Å². The van der Waals surface area contributed by atoms with Crippen LogP contribution in [-0.4, -0.2) is 22.5 Å². The topological polar surface area (TPSA) is 79.5 Å². The fraction of sp³-hybridized carbons (Fsp3) is 0.444. The van der Waals surface area contributed by atoms with Crippen LogP contribution in [0.4, 0.5) is 0 Å². The number of carbonyl (C=O) groups excluding carboxylic acids is 1. The van der Waals surface area contributed by atoms with E-state index in [-0.39, 0.29) is 18.2 Å². The van der Waals surface area contributed by atoms with Gasteiger partial charge in [0.1, 0.15) is 11.3 Å². The Kier molecular flexibility index (Phi) is 4.78. The van der Waals surface area contributed by atoms with Gasteiger partial charge in [-0.25, -0.2) is 0 Å². The maximum Gasteiger partial charge on any atom is 0.305 e. The highest BCUT2D eigenvalue weighted by atomic mass is 16.4. The average Bonchev–Trinajstić information content (AvgIpc) is 2.89. The van der Waals surface area contributed by atoms with Crippen LogP contribution in [0.1, 0.15) is 45.8 Å². The van der Waals surface area contributed by atoms with Gasteiger partial charge in [0.05, 0.1) is 12.3 Å². The molecule has 2 aromatic rings. The Morgan fingerprint density at radius 2 is 1.91 bits per heavy atom. The van der Waals surface area contributed by atoms with Crippen molar-refractivity contribution in [2.75, 3.05) is 0 Å². The quantitative estimate of drug-likeness (QED) is 0.854. The van der Waals surface area contributed by atoms with Crippen LogP contribution < -0.4 is 5.32 Å². The Hall–Kier alpha value is -2.30. The minimum atomic E-state index is -0.933. The van der Waals surface area contributed by atoms with Crippen molar-refractivity contribution in [2.45, 2.75) is 45.6 Å². The molecule has 0 saturated carbocycles. The number of furan rings is 1. The third-order valence-corrected chi connectivity index (χ3v) is 4.47. The van der Waals surface area contributed by atoms with Gasteiger partial charge in [0.25, 0.3) is 0 Å². The minimum Gasteiger partial charge on any atom is -0.481 e. The molecule has 1 heterocycles. The molecule has 1 aromatic heterocycles. The summed E-state index contributed by atoms with van der Waals surface area (Å²) in [6.07, 6.45) is -0.122. The second-order valence-corrected chi connectivity index (χ2v) is 6.54. The second kappa shape index (κ2) is 6.44. The fourth-order valence-corrected chi connectivity index (χ4v) is 2.44. The van der Waals surface area contributed by atoms with Crippen LogP contribution in [0.15, 0.2) is 34.7 Å². The lowest BCUT2D eigenvalue weighted by Crippen LogP contribution is -2.52. The van der Waals surface area contributed by atoms with Crippen LogP contribution in [0.3, 0.4) is 0 Å². The molecule has 0 radical (unpaired) electrons. The lowest BCUT2D eigenvalue weighted by Gasteiger charge is -2.34. The number of para-hydroxylation sites is 1. The van der Waals surface area contributed by atoms with Crippen molar-refractivity contribution >= 4 is 22.8 Å². The number of hydrogen-bond acceptors (Lipinski definition) is 3. The van der Waals surface area contributed by atoms with Gasteiger partial charge >= 0.3 is 5.97 Å². The number of carboxylic acid groups (broad SMARTS) is 1. The van der Waals surface area contributed by atoms with Crippen LogP contribution in [0.5, 0.6) is 0 Å². The van der Waals surface area contributed by atoms with E-state index in [2.05, 4.69) is 5.32 Å². The summed E-state index contributed by atoms with van der Waals surface area (Å²) in [6, 6.07) is 9.42. The number of rotatable bonds is 6. The van der Waals surface area contributed by atoms with Crippen LogP contribution in [0, 0.1) is 5.92 Å². The van der Waals surface area contributed by atoms with Gasteiger partial charge in [0.2, 0.25) is 5.91 Å². The van der Waals surface area contributed by atoms with Crippen LogP contribution in [0.25, 0.3) is 11.0 Å². The summed E-state index contributed by atoms with van der Waals surface area (Å²) < 4.78 is 5.73. The van der Waals surface area contributed by atoms with Gasteiger partial charge < -0.3 is 14.8 Å². The van der Waals surface area contributed by atoms with E-state index < -0.39 is 17.4 Å². The number of fused-ring (bicyclic) bond motifs is 1. The Bertz CT molecular complexity index is 686. The Balaban J connectivity index is 2.19. The zero-order valence-electron chi connectivity index (χ0n) is 13.9. The van der Waals surface area contributed by atoms with E-state index in [0.717, 1.165) is 11.0 Å². The van der Waals surface area contributed by atoms with E-state index in [4.69, 9.17) is 9.52 Å². The van der Waals surface area contributed by atoms with Gasteiger partial charge in [0, 0.05) is 10.9 Å². The van der Waals surface area contributed by atoms with E-state index in [0.29, 0.717) is 5.76 Å². The van der Waals surface area contributed by atoms with Gasteiger partial charge in [-0.15, -0.1) is 0 Å². The molecule has 0 spiro atoms. The summed E-state index contributed by atoms with van der Waals surface area (Å²) in [6.45, 7) is 7.31. The number of nitrogens with one attached hydrogen (secondary N) is 1. The first-order valence-electron chi connectivity index (χ1n) is 7.75. The molecule has 2 unspecified atom stereocenters. The van der Waals surface area contributed by atoms with Crippen LogP contribution in [-0.2, 0) is 9.59 Å². The molecule has 5 heteroatoms. The molecule has 0 aliphatic carbocycles. The standard InChI is InChI=1S/C18H23NO4/c1-11(2)18(4,10-16(20)21)19-17(22)12(3)15-9-13-7-5-6-8-14(13)23-15/h5-9,11-12H,10H2,1-4H3,(H,19,22)(H,20,21). The molecule has 0 fully saturated rings. The number of benzene rings is 1. The first-order chi connectivity index (χ1) is 10.7. The molecule has 1 amide bonds. The lowest BCUT2D eigenvalue weighted by atomic mass is 9.84. The molecule has 0 saturated heterocycles. The van der Waals surface area contributed by atoms with Crippen molar-refractivity contribution < 1.29 is 19.1 Å². The van der Waals surface area contributed by atoms with Crippen molar-refractivity contribution in [1.29, 1.82) is 0 Å². The molecule has 0 aliphatic rings. The number of carbonyl (C=O) groups is 2. The highest BCUT2D eigenvalue weighted by molar-refractivity contribution is 5.86. The Morgan fingerprint density at radius 1 is 1.26 bits per heavy atom. The van der Waals surface area contributed by atoms with E-state index in [9.17, 15) is 9.59 Å². The molecule has 0 bridgehead atoms. The number of aliphatic carboxylic acids is 1. The molecule has 2 atom stereocenters. The molecule has 2 rings (SSSR count). The van der Waals surface area contributed by atoms with Crippen LogP contribution >= 0.6 is 0 Å². The van der Waals surface area contributed by atoms with Crippen molar-refractivity contribution in [1.82, 2.24) is 5.32 Å². The predicted octanol–water partition coefficient (Wildman–Crippen LogP) is 3.54. The normalized spacial score (nSPS) is 15.3. The molecule has 0 aliphatic heterocycles. The molecule has 1 aromatic carbocycles. The maximum atomic E-state index is 12.6. The number of hydrogen-bond donors (Lipinski definition) is 2. The van der Waals surface area contributed by atoms with E-state index in [1.165, 1.54) is 0 Å². The van der Waals surface area contributed by atoms with Gasteiger partial charge in [-0.1, -0.05) is 32.0 Å². The highest BCUT2D eigenvalue weighted by Crippen LogP contribution is 2.27. The molecule has 23 heavy (non-hydrogen) atoms. The Morgan fingerprint density at radius 3 is 2.48 bits per heavy atom. The summed E-state index contributed by atoms with van der Waals surface area (Å²) in [5.41, 5.74) is -0.0669. The summed E-state index contributed by atoms with van der Waals surface area (Å²) in [5, 5.41) is 12.9. The fourth-order valence-electron chi connectivity index (χ4n) is 2.44. The van der Waals surface area contributed by atoms with Gasteiger partial charge in [-0.2, -0.15) is 0 Å². The maximum absolute atomic E-state index is 12.6. The minimum absolute atomic E-state index is 0.00887. The number of carboxylic acids is 1. The molecule has 5 nitrogen and oxygen atoms in total. The molecular formula is C18H23NO4. The summed E-state index contributed by atoms with van der Waals surface area (Å²) in [4.78, 5) is 23.6. The highest BCUT2D eigenvalue weighted by Gasteiger charge is 2.34. The summed E-state index contributed by atoms with van der Waals surface area (Å²) in [5.74, 6) is -1.09. The summed E-state index contributed by atoms with van der Waals surface area (Å²) >= 11 is 0. The van der Waals surface area contributed by atoms with Crippen molar-refractivity contribution in [2.24, 2.45) is 5.92 Å². The van der Waals surface area contributed by atoms with E-state index in [1.807, 2.05) is 44.2 Å². The SMILES string of the molecule is CC(C(=O)NC(C)(CC(=O)O)C(C)C)c1cc2ccccc2o1. The molecule has 2 N–H and O–H groups in total. The second-order valence-electron chi connectivity index (χ2n) is 6.54. The largest absolute Gasteiger partial charge is 0.481 e. The van der Waals surface area contributed by atoms with Crippen molar-refractivity contribution in [3.63, 3.8) is 0 Å². The molecular weight excluding hydrogens is 294 g/mol. The number of amides is 1. The van der Waals surface area contributed by atoms with Gasteiger partial charge in [-0.3, -0.25) is 9.59 Å². The first-order valence-corrected chi connectivity index (χ1v) is 7.75. The first kappa shape index (κ1) is 17.1. The van der Waals surface area contributed by atoms with Crippen LogP contribution in [0.2, 0.25) is 0 Å². The Labute approximate surface area is 135 Å². The van der Waals surface area contributed by atoms with Crippen molar-refractivity contribution in [3.05, 3.63) is 36.1 Å². The van der Waals surface area contributed by atoms with Crippen molar-refractivity contribution in [3.8, 4) is 0 Å². The zero-order valence-corrected chi connectivity index (χ0v) is 13.9. The third kappa shape index (κ3) is 3.73. The molecule has 124 valence electrons. The zero-order chi connectivity index (χ0) is 17.2. The smallest absolute Gasteiger partial charge is 0.305 e. The summed E-state index contributed by atoms with van der Waals surface area (Å²) in [7, 11) is 0. The van der Waals surface area contributed by atoms with E-state index in [1.54, 1.807) is 13.8 Å². The lowest BCUT2D eigenvalue weighted by molar-refractivity contribution is -0.139. The third-order valence-electron chi connectivity index (χ3n) is 4.47. The average molecular weight is 317 g/mol. The monoisotopic (exact) mass is 317 g/mol. The predicted molar refractivity (Wildman–Crippen MR) is 88.3 cm³/mol. The van der Waals surface area contributed by atoms with E-state index >= 15 is 0 Å². The van der Waals surface area contributed by atoms with Gasteiger partial charge in [0.15, 0.2) is 0 Å².